The molecule has 7 nitrogen and oxygen atoms in total. The topological polar surface area (TPSA) is 90.9 Å². The Hall–Kier alpha value is -2.12. The summed E-state index contributed by atoms with van der Waals surface area (Å²) in [7, 11) is 0. The molecule has 2 rings (SSSR count). The van der Waals surface area contributed by atoms with Crippen molar-refractivity contribution in [1.82, 2.24) is 10.6 Å². The third-order valence-corrected chi connectivity index (χ3v) is 5.90. The quantitative estimate of drug-likeness (QED) is 0.292. The van der Waals surface area contributed by atoms with Crippen LogP contribution in [0, 0.1) is 0 Å². The van der Waals surface area contributed by atoms with Crippen molar-refractivity contribution in [2.45, 2.75) is 70.6 Å². The van der Waals surface area contributed by atoms with Crippen molar-refractivity contribution in [2.75, 3.05) is 18.1 Å². The second-order valence-electron chi connectivity index (χ2n) is 7.85. The zero-order chi connectivity index (χ0) is 23.2. The van der Waals surface area contributed by atoms with E-state index in [0.29, 0.717) is 61.1 Å². The number of anilines is 1. The summed E-state index contributed by atoms with van der Waals surface area (Å²) in [5, 5.41) is 12.9. The summed E-state index contributed by atoms with van der Waals surface area (Å²) in [6.45, 7) is 1.14. The van der Waals surface area contributed by atoms with E-state index in [1.807, 2.05) is 6.07 Å². The van der Waals surface area contributed by atoms with Gasteiger partial charge in [-0.05, 0) is 37.5 Å². The normalized spacial score (nSPS) is 13.1. The molecule has 0 fully saturated rings. The van der Waals surface area contributed by atoms with Crippen molar-refractivity contribution in [3.8, 4) is 0 Å². The van der Waals surface area contributed by atoms with Gasteiger partial charge < -0.3 is 15.4 Å². The summed E-state index contributed by atoms with van der Waals surface area (Å²) in [5.74, 6) is 0.545. The molecule has 0 unspecified atom stereocenters. The van der Waals surface area contributed by atoms with Crippen LogP contribution >= 0.6 is 23.2 Å². The first-order valence-corrected chi connectivity index (χ1v) is 12.1. The Labute approximate surface area is 199 Å². The number of benzene rings is 1. The molecule has 1 aliphatic heterocycles. The van der Waals surface area contributed by atoms with Crippen LogP contribution in [0.5, 0.6) is 0 Å². The number of unbranched alkanes of at least 4 members (excludes halogenated alkanes) is 6. The molecule has 176 valence electrons. The summed E-state index contributed by atoms with van der Waals surface area (Å²) >= 11 is 12.0. The number of hydrogen-bond donors (Lipinski definition) is 2. The highest BCUT2D eigenvalue weighted by Gasteiger charge is 2.18. The Morgan fingerprint density at radius 3 is 2.44 bits per heavy atom. The third kappa shape index (κ3) is 10.0. The van der Waals surface area contributed by atoms with Crippen LogP contribution in [-0.2, 0) is 14.4 Å². The average molecular weight is 483 g/mol. The highest BCUT2D eigenvalue weighted by molar-refractivity contribution is 6.42. The first kappa shape index (κ1) is 26.1. The Balaban J connectivity index is 1.53. The van der Waals surface area contributed by atoms with Crippen molar-refractivity contribution in [2.24, 2.45) is 5.10 Å². The van der Waals surface area contributed by atoms with Crippen molar-refractivity contribution >= 4 is 52.8 Å². The number of aldehydes is 1. The standard InChI is InChI=1S/C23H32Cl2N4O3/c24-19-12-11-18(17-20(19)25)29-15-13-21(28-29)27-23(32)10-8-14-26-22(31)9-6-4-2-1-3-5-7-16-30/h11-12,16-17H,1-10,13-15H2,(H,26,31)(H,27,28,32). The smallest absolute Gasteiger partial charge is 0.225 e. The lowest BCUT2D eigenvalue weighted by molar-refractivity contribution is -0.122. The molecule has 0 aromatic heterocycles. The molecule has 1 heterocycles. The molecule has 0 saturated heterocycles. The molecule has 32 heavy (non-hydrogen) atoms. The molecule has 2 N–H and O–H groups in total. The fourth-order valence-corrected chi connectivity index (χ4v) is 3.68. The van der Waals surface area contributed by atoms with Gasteiger partial charge in [-0.15, -0.1) is 0 Å². The Bertz CT molecular complexity index is 801. The van der Waals surface area contributed by atoms with Crippen LogP contribution in [0.4, 0.5) is 5.69 Å². The minimum absolute atomic E-state index is 0.0313. The number of hydrogen-bond acceptors (Lipinski definition) is 5. The number of nitrogens with zero attached hydrogens (tertiary/aromatic N) is 2. The maximum absolute atomic E-state index is 12.1. The van der Waals surface area contributed by atoms with Crippen LogP contribution < -0.4 is 15.6 Å². The zero-order valence-electron chi connectivity index (χ0n) is 18.4. The van der Waals surface area contributed by atoms with Crippen molar-refractivity contribution in [3.05, 3.63) is 28.2 Å². The molecule has 1 aromatic carbocycles. The molecule has 0 saturated carbocycles. The van der Waals surface area contributed by atoms with E-state index in [9.17, 15) is 14.4 Å². The minimum atomic E-state index is -0.108. The fraction of sp³-hybridized carbons (Fsp3) is 0.565. The van der Waals surface area contributed by atoms with Gasteiger partial charge in [0.25, 0.3) is 0 Å². The Kier molecular flexibility index (Phi) is 12.1. The SMILES string of the molecule is O=CCCCCCCCCC(=O)NCCCC(=O)NC1=NN(c2ccc(Cl)c(Cl)c2)CC1. The van der Waals surface area contributed by atoms with E-state index in [-0.39, 0.29) is 11.8 Å². The molecule has 0 radical (unpaired) electrons. The number of hydrazone groups is 1. The molecule has 1 aromatic rings. The predicted octanol–water partition coefficient (Wildman–Crippen LogP) is 4.85. The zero-order valence-corrected chi connectivity index (χ0v) is 19.9. The van der Waals surface area contributed by atoms with E-state index in [1.54, 1.807) is 17.1 Å². The van der Waals surface area contributed by atoms with Crippen LogP contribution in [0.3, 0.4) is 0 Å². The highest BCUT2D eigenvalue weighted by atomic mass is 35.5. The maximum Gasteiger partial charge on any atom is 0.225 e. The average Bonchev–Trinajstić information content (AvgIpc) is 3.23. The summed E-state index contributed by atoms with van der Waals surface area (Å²) in [4.78, 5) is 34.2. The molecule has 0 atom stereocenters. The van der Waals surface area contributed by atoms with Gasteiger partial charge in [-0.3, -0.25) is 14.6 Å². The van der Waals surface area contributed by atoms with Crippen molar-refractivity contribution in [1.29, 1.82) is 0 Å². The van der Waals surface area contributed by atoms with Crippen molar-refractivity contribution in [3.63, 3.8) is 0 Å². The molecule has 0 spiro atoms. The molecular weight excluding hydrogens is 451 g/mol. The number of carbonyl (C=O) groups excluding carboxylic acids is 3. The summed E-state index contributed by atoms with van der Waals surface area (Å²) in [5.41, 5.74) is 0.823. The van der Waals surface area contributed by atoms with Gasteiger partial charge in [0.1, 0.15) is 12.1 Å². The van der Waals surface area contributed by atoms with Gasteiger partial charge in [0, 0.05) is 38.8 Å². The highest BCUT2D eigenvalue weighted by Crippen LogP contribution is 2.28. The fourth-order valence-electron chi connectivity index (χ4n) is 3.39. The number of rotatable bonds is 14. The Morgan fingerprint density at radius 2 is 1.69 bits per heavy atom. The number of nitrogens with one attached hydrogen (secondary N) is 2. The van der Waals surface area contributed by atoms with Crippen LogP contribution in [0.1, 0.15) is 70.6 Å². The summed E-state index contributed by atoms with van der Waals surface area (Å²) < 4.78 is 0. The Morgan fingerprint density at radius 1 is 0.969 bits per heavy atom. The predicted molar refractivity (Wildman–Crippen MR) is 129 cm³/mol. The monoisotopic (exact) mass is 482 g/mol. The second kappa shape index (κ2) is 14.9. The van der Waals surface area contributed by atoms with Crippen LogP contribution in [0.2, 0.25) is 10.0 Å². The maximum atomic E-state index is 12.1. The van der Waals surface area contributed by atoms with E-state index >= 15 is 0 Å². The first-order valence-electron chi connectivity index (χ1n) is 11.3. The van der Waals surface area contributed by atoms with E-state index in [2.05, 4.69) is 15.7 Å². The first-order chi connectivity index (χ1) is 15.5. The minimum Gasteiger partial charge on any atom is -0.356 e. The van der Waals surface area contributed by atoms with E-state index in [4.69, 9.17) is 23.2 Å². The lowest BCUT2D eigenvalue weighted by Gasteiger charge is -2.13. The van der Waals surface area contributed by atoms with Gasteiger partial charge in [0.15, 0.2) is 0 Å². The molecular formula is C23H32Cl2N4O3. The molecule has 1 aliphatic rings. The summed E-state index contributed by atoms with van der Waals surface area (Å²) in [6.07, 6.45) is 9.81. The van der Waals surface area contributed by atoms with Gasteiger partial charge in [-0.1, -0.05) is 48.9 Å². The number of carbonyl (C=O) groups is 3. The largest absolute Gasteiger partial charge is 0.356 e. The molecule has 9 heteroatoms. The van der Waals surface area contributed by atoms with E-state index < -0.39 is 0 Å². The van der Waals surface area contributed by atoms with Crippen LogP contribution in [0.15, 0.2) is 23.3 Å². The van der Waals surface area contributed by atoms with Crippen molar-refractivity contribution < 1.29 is 14.4 Å². The lowest BCUT2D eigenvalue weighted by atomic mass is 10.1. The number of amidine groups is 1. The van der Waals surface area contributed by atoms with Crippen LogP contribution in [0.25, 0.3) is 0 Å². The van der Waals surface area contributed by atoms with Gasteiger partial charge in [0.05, 0.1) is 15.7 Å². The molecule has 0 aliphatic carbocycles. The lowest BCUT2D eigenvalue weighted by Crippen LogP contribution is -2.30. The van der Waals surface area contributed by atoms with E-state index in [1.165, 1.54) is 0 Å². The third-order valence-electron chi connectivity index (χ3n) is 5.17. The number of amides is 2. The molecule has 2 amide bonds. The van der Waals surface area contributed by atoms with E-state index in [0.717, 1.165) is 50.5 Å². The molecule has 0 bridgehead atoms. The van der Waals surface area contributed by atoms with Gasteiger partial charge >= 0.3 is 0 Å². The van der Waals surface area contributed by atoms with Gasteiger partial charge in [-0.2, -0.15) is 5.10 Å². The van der Waals surface area contributed by atoms with Gasteiger partial charge in [0.2, 0.25) is 11.8 Å². The van der Waals surface area contributed by atoms with Gasteiger partial charge in [-0.25, -0.2) is 0 Å². The summed E-state index contributed by atoms with van der Waals surface area (Å²) in [6, 6.07) is 5.30. The van der Waals surface area contributed by atoms with Crippen LogP contribution in [-0.4, -0.2) is 37.0 Å². The number of halogens is 2. The second-order valence-corrected chi connectivity index (χ2v) is 8.66.